The molecule has 6 heteroatoms. The molecule has 0 aromatic carbocycles. The maximum atomic E-state index is 12.6. The molecule has 0 saturated carbocycles. The van der Waals surface area contributed by atoms with Crippen LogP contribution in [0.25, 0.3) is 0 Å². The summed E-state index contributed by atoms with van der Waals surface area (Å²) < 4.78 is 37.9. The lowest BCUT2D eigenvalue weighted by molar-refractivity contribution is -0.0964. The predicted molar refractivity (Wildman–Crippen MR) is 75.8 cm³/mol. The zero-order chi connectivity index (χ0) is 14.9. The zero-order valence-corrected chi connectivity index (χ0v) is 12.4. The highest BCUT2D eigenvalue weighted by molar-refractivity contribution is 7.12. The summed E-state index contributed by atoms with van der Waals surface area (Å²) >= 11 is 1.66. The molecular weight excluding hydrogens is 285 g/mol. The van der Waals surface area contributed by atoms with Gasteiger partial charge in [-0.3, -0.25) is 4.90 Å². The van der Waals surface area contributed by atoms with E-state index in [1.54, 1.807) is 11.3 Å². The van der Waals surface area contributed by atoms with E-state index in [2.05, 4.69) is 0 Å². The molecule has 1 aromatic heterocycles. The Kier molecular flexibility index (Phi) is 4.56. The maximum absolute atomic E-state index is 12.6. The fourth-order valence-corrected chi connectivity index (χ4v) is 3.71. The van der Waals surface area contributed by atoms with Crippen LogP contribution >= 0.6 is 11.3 Å². The lowest BCUT2D eigenvalue weighted by Gasteiger charge is -2.36. The molecule has 0 spiro atoms. The van der Waals surface area contributed by atoms with Crippen LogP contribution < -0.4 is 5.73 Å². The molecule has 1 aliphatic rings. The minimum absolute atomic E-state index is 0.0141. The first-order valence-electron chi connectivity index (χ1n) is 6.61. The molecule has 2 nitrogen and oxygen atoms in total. The van der Waals surface area contributed by atoms with Gasteiger partial charge in [-0.05, 0) is 32.4 Å². The van der Waals surface area contributed by atoms with E-state index in [-0.39, 0.29) is 18.5 Å². The number of rotatable bonds is 3. The van der Waals surface area contributed by atoms with E-state index in [1.165, 1.54) is 11.0 Å². The SMILES string of the molecule is Cc1ccc(C(C(C)N)N2CC=C(C(F)(F)F)CC2)s1. The van der Waals surface area contributed by atoms with Crippen molar-refractivity contribution in [1.82, 2.24) is 4.90 Å². The summed E-state index contributed by atoms with van der Waals surface area (Å²) in [4.78, 5) is 4.35. The van der Waals surface area contributed by atoms with Crippen LogP contribution in [0.5, 0.6) is 0 Å². The first-order chi connectivity index (χ1) is 9.29. The first-order valence-corrected chi connectivity index (χ1v) is 7.43. The van der Waals surface area contributed by atoms with Gasteiger partial charge in [-0.15, -0.1) is 11.3 Å². The standard InChI is InChI=1S/C14H19F3N2S/c1-9-3-4-12(20-9)13(10(2)18)19-7-5-11(6-8-19)14(15,16)17/h3-5,10,13H,6-8,18H2,1-2H3. The van der Waals surface area contributed by atoms with Crippen molar-refractivity contribution in [3.8, 4) is 0 Å². The molecule has 0 fully saturated rings. The topological polar surface area (TPSA) is 29.3 Å². The van der Waals surface area contributed by atoms with E-state index in [0.29, 0.717) is 13.1 Å². The third kappa shape index (κ3) is 3.42. The minimum Gasteiger partial charge on any atom is -0.326 e. The molecule has 2 N–H and O–H groups in total. The van der Waals surface area contributed by atoms with E-state index >= 15 is 0 Å². The van der Waals surface area contributed by atoms with Gasteiger partial charge in [-0.1, -0.05) is 6.08 Å². The molecule has 2 heterocycles. The maximum Gasteiger partial charge on any atom is 0.412 e. The second-order valence-corrected chi connectivity index (χ2v) is 6.54. The van der Waals surface area contributed by atoms with Crippen molar-refractivity contribution in [2.24, 2.45) is 5.73 Å². The average Bonchev–Trinajstić information content (AvgIpc) is 2.75. The van der Waals surface area contributed by atoms with Crippen LogP contribution in [0.2, 0.25) is 0 Å². The smallest absolute Gasteiger partial charge is 0.326 e. The van der Waals surface area contributed by atoms with E-state index in [1.807, 2.05) is 30.9 Å². The molecule has 20 heavy (non-hydrogen) atoms. The number of thiophene rings is 1. The number of nitrogens with zero attached hydrogens (tertiary/aromatic N) is 1. The Morgan fingerprint density at radius 3 is 2.45 bits per heavy atom. The summed E-state index contributed by atoms with van der Waals surface area (Å²) in [6, 6.07) is 3.92. The van der Waals surface area contributed by atoms with Gasteiger partial charge in [0, 0.05) is 34.5 Å². The van der Waals surface area contributed by atoms with Crippen LogP contribution in [-0.2, 0) is 0 Å². The number of hydrogen-bond donors (Lipinski definition) is 1. The largest absolute Gasteiger partial charge is 0.412 e. The molecule has 0 radical (unpaired) electrons. The Bertz CT molecular complexity index is 491. The highest BCUT2D eigenvalue weighted by Gasteiger charge is 2.36. The van der Waals surface area contributed by atoms with E-state index in [0.717, 1.165) is 4.88 Å². The van der Waals surface area contributed by atoms with Crippen molar-refractivity contribution < 1.29 is 13.2 Å². The molecule has 2 atom stereocenters. The van der Waals surface area contributed by atoms with Crippen molar-refractivity contribution in [2.45, 2.75) is 38.5 Å². The summed E-state index contributed by atoms with van der Waals surface area (Å²) in [5.41, 5.74) is 5.63. The second kappa shape index (κ2) is 5.87. The Morgan fingerprint density at radius 2 is 2.05 bits per heavy atom. The van der Waals surface area contributed by atoms with Crippen LogP contribution in [0, 0.1) is 6.92 Å². The van der Waals surface area contributed by atoms with Crippen molar-refractivity contribution in [3.05, 3.63) is 33.5 Å². The number of halogens is 3. The summed E-state index contributed by atoms with van der Waals surface area (Å²) in [5, 5.41) is 0. The first kappa shape index (κ1) is 15.5. The summed E-state index contributed by atoms with van der Waals surface area (Å²) in [6.45, 7) is 4.62. The molecule has 1 aromatic rings. The molecule has 112 valence electrons. The Morgan fingerprint density at radius 1 is 1.35 bits per heavy atom. The van der Waals surface area contributed by atoms with Gasteiger partial charge in [0.1, 0.15) is 0 Å². The van der Waals surface area contributed by atoms with Gasteiger partial charge < -0.3 is 5.73 Å². The Balaban J connectivity index is 2.16. The van der Waals surface area contributed by atoms with E-state index < -0.39 is 11.7 Å². The van der Waals surface area contributed by atoms with Crippen molar-refractivity contribution >= 4 is 11.3 Å². The molecule has 2 unspecified atom stereocenters. The van der Waals surface area contributed by atoms with Crippen molar-refractivity contribution in [1.29, 1.82) is 0 Å². The van der Waals surface area contributed by atoms with Crippen LogP contribution in [0.3, 0.4) is 0 Å². The van der Waals surface area contributed by atoms with Crippen LogP contribution in [-0.4, -0.2) is 30.2 Å². The molecule has 0 bridgehead atoms. The molecule has 2 rings (SSSR count). The average molecular weight is 304 g/mol. The van der Waals surface area contributed by atoms with Crippen LogP contribution in [0.15, 0.2) is 23.8 Å². The monoisotopic (exact) mass is 304 g/mol. The highest BCUT2D eigenvalue weighted by atomic mass is 32.1. The second-order valence-electron chi connectivity index (χ2n) is 5.22. The van der Waals surface area contributed by atoms with Crippen LogP contribution in [0.1, 0.15) is 29.1 Å². The third-order valence-electron chi connectivity index (χ3n) is 3.55. The van der Waals surface area contributed by atoms with E-state index in [4.69, 9.17) is 5.73 Å². The van der Waals surface area contributed by atoms with Crippen LogP contribution in [0.4, 0.5) is 13.2 Å². The summed E-state index contributed by atoms with van der Waals surface area (Å²) in [5.74, 6) is 0. The van der Waals surface area contributed by atoms with Gasteiger partial charge >= 0.3 is 6.18 Å². The van der Waals surface area contributed by atoms with Gasteiger partial charge in [0.15, 0.2) is 0 Å². The molecule has 0 amide bonds. The number of alkyl halides is 3. The normalized spacial score (nSPS) is 20.6. The summed E-state index contributed by atoms with van der Waals surface area (Å²) in [7, 11) is 0. The van der Waals surface area contributed by atoms with Gasteiger partial charge in [-0.2, -0.15) is 13.2 Å². The molecule has 1 aliphatic heterocycles. The lowest BCUT2D eigenvalue weighted by atomic mass is 10.0. The van der Waals surface area contributed by atoms with E-state index in [9.17, 15) is 13.2 Å². The zero-order valence-electron chi connectivity index (χ0n) is 11.6. The van der Waals surface area contributed by atoms with Gasteiger partial charge in [0.25, 0.3) is 0 Å². The quantitative estimate of drug-likeness (QED) is 0.864. The van der Waals surface area contributed by atoms with Crippen molar-refractivity contribution in [2.75, 3.05) is 13.1 Å². The fourth-order valence-electron chi connectivity index (χ4n) is 2.58. The number of aryl methyl sites for hydroxylation is 1. The fraction of sp³-hybridized carbons (Fsp3) is 0.571. The molecule has 0 aliphatic carbocycles. The lowest BCUT2D eigenvalue weighted by Crippen LogP contribution is -2.42. The third-order valence-corrected chi connectivity index (χ3v) is 4.62. The Hall–Kier alpha value is -0.850. The summed E-state index contributed by atoms with van der Waals surface area (Å²) in [6.07, 6.45) is -2.87. The number of hydrogen-bond acceptors (Lipinski definition) is 3. The Labute approximate surface area is 121 Å². The van der Waals surface area contributed by atoms with Gasteiger partial charge in [0.05, 0.1) is 6.04 Å². The van der Waals surface area contributed by atoms with Gasteiger partial charge in [0.2, 0.25) is 0 Å². The predicted octanol–water partition coefficient (Wildman–Crippen LogP) is 3.64. The molecule has 0 saturated heterocycles. The van der Waals surface area contributed by atoms with Gasteiger partial charge in [-0.25, -0.2) is 0 Å². The van der Waals surface area contributed by atoms with Crippen molar-refractivity contribution in [3.63, 3.8) is 0 Å². The molecular formula is C14H19F3N2S. The highest BCUT2D eigenvalue weighted by Crippen LogP contribution is 2.35. The number of nitrogens with two attached hydrogens (primary N) is 1. The minimum atomic E-state index is -4.20.